The molecule has 2 N–H and O–H groups in total. The van der Waals surface area contributed by atoms with Gasteiger partial charge in [-0.05, 0) is 55.2 Å². The van der Waals surface area contributed by atoms with Gasteiger partial charge in [0.1, 0.15) is 4.88 Å². The van der Waals surface area contributed by atoms with E-state index in [1.807, 2.05) is 6.92 Å². The molecule has 0 saturated heterocycles. The second-order valence-electron chi connectivity index (χ2n) is 8.49. The highest BCUT2D eigenvalue weighted by Crippen LogP contribution is 2.41. The van der Waals surface area contributed by atoms with E-state index in [2.05, 4.69) is 73.9 Å². The molecule has 1 atom stereocenters. The van der Waals surface area contributed by atoms with Gasteiger partial charge in [0.25, 0.3) is 5.91 Å². The maximum absolute atomic E-state index is 12.6. The molecule has 0 bridgehead atoms. The summed E-state index contributed by atoms with van der Waals surface area (Å²) in [6.45, 7) is 9.31. The highest BCUT2D eigenvalue weighted by Gasteiger charge is 2.24. The first-order valence-corrected chi connectivity index (χ1v) is 11.3. The molecule has 0 saturated carbocycles. The van der Waals surface area contributed by atoms with Crippen molar-refractivity contribution in [3.63, 3.8) is 0 Å². The number of fused-ring (bicyclic) bond motifs is 5. The van der Waals surface area contributed by atoms with Gasteiger partial charge in [-0.15, -0.1) is 11.3 Å². The number of nitrogens with one attached hydrogen (secondary N) is 2. The Kier molecular flexibility index (Phi) is 4.51. The van der Waals surface area contributed by atoms with Gasteiger partial charge in [-0.3, -0.25) is 4.79 Å². The van der Waals surface area contributed by atoms with E-state index < -0.39 is 0 Å². The van der Waals surface area contributed by atoms with Crippen LogP contribution < -0.4 is 10.6 Å². The maximum Gasteiger partial charge on any atom is 0.263 e. The zero-order valence-electron chi connectivity index (χ0n) is 17.7. The van der Waals surface area contributed by atoms with E-state index >= 15 is 0 Å². The number of rotatable bonds is 2. The zero-order valence-corrected chi connectivity index (χ0v) is 18.5. The van der Waals surface area contributed by atoms with Crippen molar-refractivity contribution in [2.45, 2.75) is 39.7 Å². The summed E-state index contributed by atoms with van der Waals surface area (Å²) >= 11 is 1.54. The SMILES string of the molecule is Cc1cc(C(C)C)ccc1-c1ccc2c(ccc3sc4c(c32)NC[C@@H](C)NC4=O)n1. The molecule has 3 heterocycles. The third kappa shape index (κ3) is 3.05. The lowest BCUT2D eigenvalue weighted by atomic mass is 9.96. The van der Waals surface area contributed by atoms with E-state index in [9.17, 15) is 4.79 Å². The molecule has 152 valence electrons. The highest BCUT2D eigenvalue weighted by molar-refractivity contribution is 7.21. The Morgan fingerprint density at radius 2 is 1.97 bits per heavy atom. The molecule has 4 nitrogen and oxygen atoms in total. The van der Waals surface area contributed by atoms with Crippen LogP contribution in [0.25, 0.3) is 32.2 Å². The molecule has 5 heteroatoms. The third-order valence-electron chi connectivity index (χ3n) is 5.88. The summed E-state index contributed by atoms with van der Waals surface area (Å²) in [6.07, 6.45) is 0. The summed E-state index contributed by atoms with van der Waals surface area (Å²) < 4.78 is 1.11. The molecule has 0 spiro atoms. The van der Waals surface area contributed by atoms with Crippen LogP contribution in [0.15, 0.2) is 42.5 Å². The normalized spacial score (nSPS) is 16.4. The third-order valence-corrected chi connectivity index (χ3v) is 7.04. The number of amides is 1. The van der Waals surface area contributed by atoms with Crippen LogP contribution in [-0.4, -0.2) is 23.5 Å². The molecule has 1 aliphatic rings. The van der Waals surface area contributed by atoms with Crippen molar-refractivity contribution in [1.29, 1.82) is 0 Å². The number of aromatic nitrogens is 1. The van der Waals surface area contributed by atoms with E-state index in [-0.39, 0.29) is 11.9 Å². The molecule has 0 unspecified atom stereocenters. The Morgan fingerprint density at radius 1 is 1.13 bits per heavy atom. The molecule has 1 amide bonds. The predicted octanol–water partition coefficient (Wildman–Crippen LogP) is 6.09. The molecular formula is C25H25N3OS. The van der Waals surface area contributed by atoms with Crippen LogP contribution in [0.5, 0.6) is 0 Å². The van der Waals surface area contributed by atoms with Gasteiger partial charge in [0, 0.05) is 33.6 Å². The molecule has 30 heavy (non-hydrogen) atoms. The Bertz CT molecular complexity index is 1300. The summed E-state index contributed by atoms with van der Waals surface area (Å²) in [5, 5.41) is 8.72. The van der Waals surface area contributed by atoms with E-state index in [1.54, 1.807) is 11.3 Å². The number of hydrogen-bond acceptors (Lipinski definition) is 4. The molecular weight excluding hydrogens is 390 g/mol. The average molecular weight is 416 g/mol. The fraction of sp³-hybridized carbons (Fsp3) is 0.280. The van der Waals surface area contributed by atoms with Crippen molar-refractivity contribution in [3.05, 3.63) is 58.5 Å². The van der Waals surface area contributed by atoms with Crippen molar-refractivity contribution in [1.82, 2.24) is 10.3 Å². The van der Waals surface area contributed by atoms with E-state index in [0.29, 0.717) is 12.5 Å². The van der Waals surface area contributed by atoms with Crippen LogP contribution in [0.4, 0.5) is 5.69 Å². The van der Waals surface area contributed by atoms with Crippen molar-refractivity contribution < 1.29 is 4.79 Å². The number of carbonyl (C=O) groups excluding carboxylic acids is 1. The molecule has 4 aromatic rings. The molecule has 2 aromatic heterocycles. The number of thiophene rings is 1. The van der Waals surface area contributed by atoms with Crippen LogP contribution >= 0.6 is 11.3 Å². The first kappa shape index (κ1) is 19.1. The van der Waals surface area contributed by atoms with Crippen molar-refractivity contribution in [2.24, 2.45) is 0 Å². The quantitative estimate of drug-likeness (QED) is 0.416. The number of carbonyl (C=O) groups is 1. The van der Waals surface area contributed by atoms with E-state index in [4.69, 9.17) is 4.98 Å². The van der Waals surface area contributed by atoms with Gasteiger partial charge in [-0.25, -0.2) is 4.98 Å². The smallest absolute Gasteiger partial charge is 0.263 e. The zero-order chi connectivity index (χ0) is 21.0. The van der Waals surface area contributed by atoms with Gasteiger partial charge in [-0.1, -0.05) is 32.0 Å². The average Bonchev–Trinajstić information content (AvgIpc) is 3.04. The standard InChI is InChI=1S/C25H25N3OS/c1-13(2)16-5-6-17(14(3)11-16)19-8-7-18-20(28-19)9-10-21-22(18)23-24(30-21)25(29)27-15(4)12-26-23/h5-11,13,15,26H,12H2,1-4H3,(H,27,29)/t15-/m1/s1. The Hall–Kier alpha value is -2.92. The Balaban J connectivity index is 1.66. The molecule has 5 rings (SSSR count). The fourth-order valence-electron chi connectivity index (χ4n) is 4.21. The van der Waals surface area contributed by atoms with Crippen molar-refractivity contribution >= 4 is 43.9 Å². The van der Waals surface area contributed by atoms with Crippen LogP contribution in [0, 0.1) is 6.92 Å². The number of anilines is 1. The lowest BCUT2D eigenvalue weighted by molar-refractivity contribution is 0.0949. The van der Waals surface area contributed by atoms with Crippen LogP contribution in [-0.2, 0) is 0 Å². The van der Waals surface area contributed by atoms with Gasteiger partial charge in [0.15, 0.2) is 0 Å². The number of benzene rings is 2. The van der Waals surface area contributed by atoms with Crippen LogP contribution in [0.2, 0.25) is 0 Å². The first-order valence-electron chi connectivity index (χ1n) is 10.4. The van der Waals surface area contributed by atoms with Crippen molar-refractivity contribution in [2.75, 3.05) is 11.9 Å². The number of nitrogens with zero attached hydrogens (tertiary/aromatic N) is 1. The fourth-order valence-corrected chi connectivity index (χ4v) is 5.31. The lowest BCUT2D eigenvalue weighted by Crippen LogP contribution is -2.34. The van der Waals surface area contributed by atoms with Gasteiger partial charge in [0.2, 0.25) is 0 Å². The molecule has 0 radical (unpaired) electrons. The van der Waals surface area contributed by atoms with E-state index in [1.165, 1.54) is 11.1 Å². The van der Waals surface area contributed by atoms with Gasteiger partial charge >= 0.3 is 0 Å². The molecule has 0 fully saturated rings. The van der Waals surface area contributed by atoms with Crippen molar-refractivity contribution in [3.8, 4) is 11.3 Å². The summed E-state index contributed by atoms with van der Waals surface area (Å²) in [4.78, 5) is 18.4. The second kappa shape index (κ2) is 7.10. The summed E-state index contributed by atoms with van der Waals surface area (Å²) in [7, 11) is 0. The minimum Gasteiger partial charge on any atom is -0.381 e. The van der Waals surface area contributed by atoms with Gasteiger partial charge < -0.3 is 10.6 Å². The lowest BCUT2D eigenvalue weighted by Gasteiger charge is -2.12. The number of aryl methyl sites for hydroxylation is 1. The Morgan fingerprint density at radius 3 is 2.73 bits per heavy atom. The van der Waals surface area contributed by atoms with Crippen LogP contribution in [0.3, 0.4) is 0 Å². The second-order valence-corrected chi connectivity index (χ2v) is 9.54. The minimum atomic E-state index is 0.00213. The topological polar surface area (TPSA) is 54.0 Å². The summed E-state index contributed by atoms with van der Waals surface area (Å²) in [5.41, 5.74) is 6.62. The first-order chi connectivity index (χ1) is 14.4. The largest absolute Gasteiger partial charge is 0.381 e. The number of pyridine rings is 1. The number of hydrogen-bond donors (Lipinski definition) is 2. The molecule has 1 aliphatic heterocycles. The van der Waals surface area contributed by atoms with E-state index in [0.717, 1.165) is 42.8 Å². The summed E-state index contributed by atoms with van der Waals surface area (Å²) in [5.74, 6) is 0.513. The summed E-state index contributed by atoms with van der Waals surface area (Å²) in [6, 6.07) is 15.1. The van der Waals surface area contributed by atoms with Crippen LogP contribution in [0.1, 0.15) is 47.5 Å². The minimum absolute atomic E-state index is 0.00213. The van der Waals surface area contributed by atoms with Gasteiger partial charge in [0.05, 0.1) is 16.9 Å². The predicted molar refractivity (Wildman–Crippen MR) is 127 cm³/mol. The Labute approximate surface area is 180 Å². The highest BCUT2D eigenvalue weighted by atomic mass is 32.1. The molecule has 0 aliphatic carbocycles. The maximum atomic E-state index is 12.6. The molecule has 2 aromatic carbocycles. The monoisotopic (exact) mass is 415 g/mol. The van der Waals surface area contributed by atoms with Gasteiger partial charge in [-0.2, -0.15) is 0 Å².